The molecule has 1 heterocycles. The second-order valence-corrected chi connectivity index (χ2v) is 7.12. The first-order chi connectivity index (χ1) is 13.4. The maximum atomic E-state index is 12.9. The molecule has 146 valence electrons. The zero-order valence-electron chi connectivity index (χ0n) is 15.2. The van der Waals surface area contributed by atoms with Gasteiger partial charge < -0.3 is 10.1 Å². The Kier molecular flexibility index (Phi) is 4.87. The number of anilines is 1. The molecule has 0 aromatic heterocycles. The molecule has 0 atom stereocenters. The topological polar surface area (TPSA) is 38.3 Å². The number of hydrogen-bond acceptors (Lipinski definition) is 2. The van der Waals surface area contributed by atoms with E-state index in [4.69, 9.17) is 4.74 Å². The summed E-state index contributed by atoms with van der Waals surface area (Å²) in [6.45, 7) is 0.244. The fraction of sp³-hybridized carbons (Fsp3) is 0.318. The molecule has 6 heteroatoms. The molecule has 2 aliphatic rings. The van der Waals surface area contributed by atoms with Crippen molar-refractivity contribution in [1.29, 1.82) is 0 Å². The Balaban J connectivity index is 1.58. The van der Waals surface area contributed by atoms with Gasteiger partial charge in [-0.25, -0.2) is 0 Å². The van der Waals surface area contributed by atoms with Gasteiger partial charge in [0, 0.05) is 23.7 Å². The first kappa shape index (κ1) is 18.6. The number of amides is 1. The SMILES string of the molecule is O=C(/C=C1\CCOc2cc(C(F)(F)F)ccc21)Nc1cccc2c1CCCC2. The first-order valence-corrected chi connectivity index (χ1v) is 9.38. The molecule has 2 aromatic rings. The largest absolute Gasteiger partial charge is 0.493 e. The van der Waals surface area contributed by atoms with Crippen molar-refractivity contribution in [3.05, 3.63) is 64.7 Å². The van der Waals surface area contributed by atoms with Crippen LogP contribution in [0, 0.1) is 0 Å². The third-order valence-electron chi connectivity index (χ3n) is 5.24. The summed E-state index contributed by atoms with van der Waals surface area (Å²) >= 11 is 0. The Morgan fingerprint density at radius 3 is 2.71 bits per heavy atom. The van der Waals surface area contributed by atoms with Crippen LogP contribution in [0.1, 0.15) is 41.5 Å². The first-order valence-electron chi connectivity index (χ1n) is 9.38. The maximum Gasteiger partial charge on any atom is 0.416 e. The van der Waals surface area contributed by atoms with E-state index in [0.29, 0.717) is 17.6 Å². The van der Waals surface area contributed by atoms with Crippen molar-refractivity contribution in [3.8, 4) is 5.75 Å². The van der Waals surface area contributed by atoms with Crippen molar-refractivity contribution < 1.29 is 22.7 Å². The maximum absolute atomic E-state index is 12.9. The Labute approximate surface area is 161 Å². The lowest BCUT2D eigenvalue weighted by atomic mass is 9.90. The van der Waals surface area contributed by atoms with Crippen molar-refractivity contribution in [3.63, 3.8) is 0 Å². The lowest BCUT2D eigenvalue weighted by Gasteiger charge is -2.22. The average molecular weight is 387 g/mol. The molecule has 0 bridgehead atoms. The highest BCUT2D eigenvalue weighted by Crippen LogP contribution is 2.38. The van der Waals surface area contributed by atoms with Gasteiger partial charge in [0.25, 0.3) is 0 Å². The summed E-state index contributed by atoms with van der Waals surface area (Å²) in [5.41, 5.74) is 3.73. The predicted molar refractivity (Wildman–Crippen MR) is 101 cm³/mol. The summed E-state index contributed by atoms with van der Waals surface area (Å²) in [6, 6.07) is 9.32. The summed E-state index contributed by atoms with van der Waals surface area (Å²) in [5, 5.41) is 2.95. The number of hydrogen-bond donors (Lipinski definition) is 1. The molecule has 0 fully saturated rings. The fourth-order valence-electron chi connectivity index (χ4n) is 3.86. The van der Waals surface area contributed by atoms with Gasteiger partial charge in [-0.15, -0.1) is 0 Å². The number of carbonyl (C=O) groups excluding carboxylic acids is 1. The number of ether oxygens (including phenoxy) is 1. The number of carbonyl (C=O) groups is 1. The zero-order chi connectivity index (χ0) is 19.7. The molecule has 2 aromatic carbocycles. The number of benzene rings is 2. The lowest BCUT2D eigenvalue weighted by molar-refractivity contribution is -0.137. The summed E-state index contributed by atoms with van der Waals surface area (Å²) in [4.78, 5) is 12.6. The molecule has 0 unspecified atom stereocenters. The van der Waals surface area contributed by atoms with Crippen LogP contribution in [0.4, 0.5) is 18.9 Å². The number of halogens is 3. The highest BCUT2D eigenvalue weighted by atomic mass is 19.4. The van der Waals surface area contributed by atoms with Crippen LogP contribution in [0.15, 0.2) is 42.5 Å². The molecule has 0 radical (unpaired) electrons. The summed E-state index contributed by atoms with van der Waals surface area (Å²) in [6.07, 6.45) is 1.74. The number of alkyl halides is 3. The second kappa shape index (κ2) is 7.34. The molecular formula is C22H20F3NO2. The van der Waals surface area contributed by atoms with E-state index in [1.165, 1.54) is 23.3 Å². The molecule has 1 aliphatic carbocycles. The normalized spacial score (nSPS) is 17.5. The zero-order valence-corrected chi connectivity index (χ0v) is 15.2. The third kappa shape index (κ3) is 3.77. The third-order valence-corrected chi connectivity index (χ3v) is 5.24. The van der Waals surface area contributed by atoms with Crippen molar-refractivity contribution in [2.45, 2.75) is 38.3 Å². The summed E-state index contributed by atoms with van der Waals surface area (Å²) in [7, 11) is 0. The van der Waals surface area contributed by atoms with Gasteiger partial charge in [0.2, 0.25) is 5.91 Å². The van der Waals surface area contributed by atoms with Gasteiger partial charge in [0.1, 0.15) is 5.75 Å². The molecule has 1 N–H and O–H groups in total. The van der Waals surface area contributed by atoms with Gasteiger partial charge in [-0.3, -0.25) is 4.79 Å². The van der Waals surface area contributed by atoms with Gasteiger partial charge >= 0.3 is 6.18 Å². The standard InChI is InChI=1S/C22H20F3NO2/c23-22(24,25)16-8-9-18-15(10-11-28-20(18)13-16)12-21(27)26-19-7-3-5-14-4-1-2-6-17(14)19/h3,5,7-9,12-13H,1-2,4,6,10-11H2,(H,26,27)/b15-12+. The van der Waals surface area contributed by atoms with Gasteiger partial charge in [-0.05, 0) is 60.6 Å². The van der Waals surface area contributed by atoms with E-state index in [9.17, 15) is 18.0 Å². The van der Waals surface area contributed by atoms with Crippen molar-refractivity contribution in [2.24, 2.45) is 0 Å². The number of rotatable bonds is 2. The predicted octanol–water partition coefficient (Wildman–Crippen LogP) is 5.39. The van der Waals surface area contributed by atoms with E-state index >= 15 is 0 Å². The summed E-state index contributed by atoms with van der Waals surface area (Å²) in [5.74, 6) is -0.112. The van der Waals surface area contributed by atoms with Crippen LogP contribution in [0.2, 0.25) is 0 Å². The van der Waals surface area contributed by atoms with Crippen LogP contribution in [-0.4, -0.2) is 12.5 Å². The fourth-order valence-corrected chi connectivity index (χ4v) is 3.86. The van der Waals surface area contributed by atoms with E-state index < -0.39 is 11.7 Å². The van der Waals surface area contributed by atoms with Crippen LogP contribution in [-0.2, 0) is 23.8 Å². The molecule has 0 spiro atoms. The molecule has 28 heavy (non-hydrogen) atoms. The minimum Gasteiger partial charge on any atom is -0.493 e. The monoisotopic (exact) mass is 387 g/mol. The van der Waals surface area contributed by atoms with Crippen molar-refractivity contribution in [2.75, 3.05) is 11.9 Å². The summed E-state index contributed by atoms with van der Waals surface area (Å²) < 4.78 is 44.1. The molecular weight excluding hydrogens is 367 g/mol. The van der Waals surface area contributed by atoms with E-state index in [2.05, 4.69) is 11.4 Å². The lowest BCUT2D eigenvalue weighted by Crippen LogP contribution is -2.15. The molecule has 0 saturated carbocycles. The molecule has 4 rings (SSSR count). The number of nitrogens with one attached hydrogen (secondary N) is 1. The minimum atomic E-state index is -4.43. The minimum absolute atomic E-state index is 0.164. The highest BCUT2D eigenvalue weighted by molar-refractivity contribution is 6.05. The van der Waals surface area contributed by atoms with Gasteiger partial charge in [-0.1, -0.05) is 18.2 Å². The van der Waals surface area contributed by atoms with Gasteiger partial charge in [-0.2, -0.15) is 13.2 Å². The van der Waals surface area contributed by atoms with Crippen LogP contribution >= 0.6 is 0 Å². The Morgan fingerprint density at radius 1 is 1.07 bits per heavy atom. The van der Waals surface area contributed by atoms with Crippen molar-refractivity contribution >= 4 is 17.2 Å². The highest BCUT2D eigenvalue weighted by Gasteiger charge is 2.32. The van der Waals surface area contributed by atoms with Crippen LogP contribution in [0.25, 0.3) is 5.57 Å². The van der Waals surface area contributed by atoms with Gasteiger partial charge in [0.15, 0.2) is 0 Å². The number of aryl methyl sites for hydroxylation is 1. The molecule has 1 amide bonds. The second-order valence-electron chi connectivity index (χ2n) is 7.12. The van der Waals surface area contributed by atoms with Crippen LogP contribution in [0.5, 0.6) is 5.75 Å². The van der Waals surface area contributed by atoms with E-state index in [1.54, 1.807) is 0 Å². The molecule has 0 saturated heterocycles. The molecule has 1 aliphatic heterocycles. The van der Waals surface area contributed by atoms with Crippen LogP contribution < -0.4 is 10.1 Å². The van der Waals surface area contributed by atoms with E-state index in [1.807, 2.05) is 12.1 Å². The number of fused-ring (bicyclic) bond motifs is 2. The molecule has 3 nitrogen and oxygen atoms in total. The van der Waals surface area contributed by atoms with E-state index in [-0.39, 0.29) is 18.3 Å². The van der Waals surface area contributed by atoms with Gasteiger partial charge in [0.05, 0.1) is 12.2 Å². The van der Waals surface area contributed by atoms with Crippen LogP contribution in [0.3, 0.4) is 0 Å². The Bertz CT molecular complexity index is 947. The average Bonchev–Trinajstić information content (AvgIpc) is 2.67. The van der Waals surface area contributed by atoms with E-state index in [0.717, 1.165) is 43.5 Å². The Hall–Kier alpha value is -2.76. The quantitative estimate of drug-likeness (QED) is 0.702. The van der Waals surface area contributed by atoms with Crippen molar-refractivity contribution in [1.82, 2.24) is 0 Å². The smallest absolute Gasteiger partial charge is 0.416 e. The Morgan fingerprint density at radius 2 is 1.89 bits per heavy atom.